The second kappa shape index (κ2) is 7.94. The molecule has 4 aromatic rings. The van der Waals surface area contributed by atoms with Crippen molar-refractivity contribution in [3.05, 3.63) is 83.2 Å². The Bertz CT molecular complexity index is 1100. The van der Waals surface area contributed by atoms with Crippen LogP contribution in [0.1, 0.15) is 30.6 Å². The van der Waals surface area contributed by atoms with Gasteiger partial charge in [0.15, 0.2) is 4.96 Å². The van der Waals surface area contributed by atoms with Gasteiger partial charge in [0.1, 0.15) is 5.82 Å². The number of thiazole rings is 1. The zero-order valence-electron chi connectivity index (χ0n) is 15.4. The lowest BCUT2D eigenvalue weighted by Gasteiger charge is -2.14. The van der Waals surface area contributed by atoms with E-state index in [1.807, 2.05) is 53.2 Å². The highest BCUT2D eigenvalue weighted by Gasteiger charge is 2.14. The van der Waals surface area contributed by atoms with Crippen LogP contribution >= 0.6 is 11.3 Å². The summed E-state index contributed by atoms with van der Waals surface area (Å²) >= 11 is 1.50. The molecule has 0 bridgehead atoms. The predicted octanol–water partition coefficient (Wildman–Crippen LogP) is 5.01. The number of halogens is 1. The van der Waals surface area contributed by atoms with Gasteiger partial charge in [0.25, 0.3) is 0 Å². The molecular weight excluding hydrogens is 373 g/mol. The van der Waals surface area contributed by atoms with Gasteiger partial charge in [-0.05, 0) is 31.0 Å². The quantitative estimate of drug-likeness (QED) is 0.500. The van der Waals surface area contributed by atoms with Gasteiger partial charge in [-0.25, -0.2) is 9.37 Å². The number of amides is 1. The van der Waals surface area contributed by atoms with E-state index < -0.39 is 0 Å². The van der Waals surface area contributed by atoms with Crippen LogP contribution in [0.3, 0.4) is 0 Å². The number of aromatic nitrogens is 2. The summed E-state index contributed by atoms with van der Waals surface area (Å²) in [4.78, 5) is 17.7. The molecule has 2 aromatic carbocycles. The van der Waals surface area contributed by atoms with Gasteiger partial charge in [0.05, 0.1) is 11.7 Å². The van der Waals surface area contributed by atoms with Crippen molar-refractivity contribution in [2.45, 2.75) is 25.8 Å². The molecule has 1 N–H and O–H groups in total. The van der Waals surface area contributed by atoms with Crippen molar-refractivity contribution in [1.29, 1.82) is 0 Å². The molecule has 0 spiro atoms. The maximum atomic E-state index is 14.0. The van der Waals surface area contributed by atoms with Gasteiger partial charge in [-0.1, -0.05) is 42.5 Å². The van der Waals surface area contributed by atoms with E-state index in [0.29, 0.717) is 24.1 Å². The van der Waals surface area contributed by atoms with Gasteiger partial charge in [-0.15, -0.1) is 11.3 Å². The fourth-order valence-corrected chi connectivity index (χ4v) is 4.10. The second-order valence-corrected chi connectivity index (χ2v) is 7.52. The first-order valence-electron chi connectivity index (χ1n) is 9.16. The van der Waals surface area contributed by atoms with Crippen LogP contribution in [0.4, 0.5) is 4.39 Å². The highest BCUT2D eigenvalue weighted by atomic mass is 32.1. The largest absolute Gasteiger partial charge is 0.350 e. The lowest BCUT2D eigenvalue weighted by atomic mass is 10.1. The average Bonchev–Trinajstić information content (AvgIpc) is 3.28. The lowest BCUT2D eigenvalue weighted by Crippen LogP contribution is -2.26. The van der Waals surface area contributed by atoms with Crippen molar-refractivity contribution in [1.82, 2.24) is 14.7 Å². The SMILES string of the molecule is CC(NC(=O)CCc1csc2nc(-c3ccccc3F)cn12)c1ccccc1. The van der Waals surface area contributed by atoms with E-state index in [4.69, 9.17) is 0 Å². The van der Waals surface area contributed by atoms with Crippen LogP contribution in [-0.2, 0) is 11.2 Å². The third-order valence-corrected chi connectivity index (χ3v) is 5.61. The molecule has 1 unspecified atom stereocenters. The topological polar surface area (TPSA) is 46.4 Å². The Morgan fingerprint density at radius 1 is 1.18 bits per heavy atom. The van der Waals surface area contributed by atoms with Crippen molar-refractivity contribution >= 4 is 22.2 Å². The minimum Gasteiger partial charge on any atom is -0.350 e. The van der Waals surface area contributed by atoms with Gasteiger partial charge >= 0.3 is 0 Å². The molecule has 1 atom stereocenters. The number of fused-ring (bicyclic) bond motifs is 1. The monoisotopic (exact) mass is 393 g/mol. The van der Waals surface area contributed by atoms with Crippen molar-refractivity contribution in [3.63, 3.8) is 0 Å². The molecule has 142 valence electrons. The highest BCUT2D eigenvalue weighted by Crippen LogP contribution is 2.26. The fraction of sp³-hybridized carbons (Fsp3) is 0.182. The van der Waals surface area contributed by atoms with Crippen LogP contribution in [0.15, 0.2) is 66.2 Å². The maximum absolute atomic E-state index is 14.0. The fourth-order valence-electron chi connectivity index (χ4n) is 3.19. The molecule has 2 aromatic heterocycles. The van der Waals surface area contributed by atoms with E-state index in [9.17, 15) is 9.18 Å². The first-order chi connectivity index (χ1) is 13.6. The number of hydrogen-bond acceptors (Lipinski definition) is 3. The first kappa shape index (κ1) is 18.4. The molecule has 2 heterocycles. The third kappa shape index (κ3) is 3.82. The number of nitrogens with zero attached hydrogens (tertiary/aromatic N) is 2. The van der Waals surface area contributed by atoms with E-state index in [1.54, 1.807) is 18.2 Å². The summed E-state index contributed by atoms with van der Waals surface area (Å²) in [6.45, 7) is 1.98. The first-order valence-corrected chi connectivity index (χ1v) is 10.0. The number of imidazole rings is 1. The minimum absolute atomic E-state index is 0.00476. The number of carbonyl (C=O) groups is 1. The number of rotatable bonds is 6. The van der Waals surface area contributed by atoms with Gasteiger partial charge in [-0.3, -0.25) is 9.20 Å². The number of hydrogen-bond donors (Lipinski definition) is 1. The predicted molar refractivity (Wildman–Crippen MR) is 110 cm³/mol. The van der Waals surface area contributed by atoms with Crippen LogP contribution in [0, 0.1) is 5.82 Å². The molecule has 0 saturated carbocycles. The number of carbonyl (C=O) groups excluding carboxylic acids is 1. The Balaban J connectivity index is 1.44. The van der Waals surface area contributed by atoms with Crippen molar-refractivity contribution in [2.24, 2.45) is 0 Å². The number of nitrogens with one attached hydrogen (secondary N) is 1. The smallest absolute Gasteiger partial charge is 0.220 e. The number of benzene rings is 2. The van der Waals surface area contributed by atoms with Crippen molar-refractivity contribution in [3.8, 4) is 11.3 Å². The molecular formula is C22H20FN3OS. The van der Waals surface area contributed by atoms with Crippen LogP contribution in [0.2, 0.25) is 0 Å². The Hall–Kier alpha value is -2.99. The summed E-state index contributed by atoms with van der Waals surface area (Å²) < 4.78 is 16.0. The van der Waals surface area contributed by atoms with Crippen molar-refractivity contribution < 1.29 is 9.18 Å². The molecule has 6 heteroatoms. The van der Waals surface area contributed by atoms with E-state index >= 15 is 0 Å². The average molecular weight is 393 g/mol. The summed E-state index contributed by atoms with van der Waals surface area (Å²) in [5.41, 5.74) is 3.17. The Morgan fingerprint density at radius 2 is 1.93 bits per heavy atom. The molecule has 0 aliphatic carbocycles. The summed E-state index contributed by atoms with van der Waals surface area (Å²) in [6, 6.07) is 16.5. The zero-order chi connectivity index (χ0) is 19.5. The molecule has 1 amide bonds. The van der Waals surface area contributed by atoms with Crippen LogP contribution in [0.5, 0.6) is 0 Å². The third-order valence-electron chi connectivity index (χ3n) is 4.72. The van der Waals surface area contributed by atoms with E-state index in [2.05, 4.69) is 10.3 Å². The number of aryl methyl sites for hydroxylation is 1. The standard InChI is InChI=1S/C22H20FN3OS/c1-15(16-7-3-2-4-8-16)24-21(27)12-11-17-14-28-22-25-20(13-26(17)22)18-9-5-6-10-19(18)23/h2-10,13-15H,11-12H2,1H3,(H,24,27). The zero-order valence-corrected chi connectivity index (χ0v) is 16.2. The summed E-state index contributed by atoms with van der Waals surface area (Å²) in [7, 11) is 0. The van der Waals surface area contributed by atoms with Crippen LogP contribution in [-0.4, -0.2) is 15.3 Å². The molecule has 0 saturated heterocycles. The maximum Gasteiger partial charge on any atom is 0.220 e. The van der Waals surface area contributed by atoms with Gasteiger partial charge < -0.3 is 5.32 Å². The molecule has 0 radical (unpaired) electrons. The van der Waals surface area contributed by atoms with Gasteiger partial charge in [0.2, 0.25) is 5.91 Å². The molecule has 4 nitrogen and oxygen atoms in total. The van der Waals surface area contributed by atoms with Crippen LogP contribution in [0.25, 0.3) is 16.2 Å². The van der Waals surface area contributed by atoms with E-state index in [1.165, 1.54) is 17.4 Å². The molecule has 4 rings (SSSR count). The molecule has 0 aliphatic heterocycles. The van der Waals surface area contributed by atoms with Crippen molar-refractivity contribution in [2.75, 3.05) is 0 Å². The van der Waals surface area contributed by atoms with Gasteiger partial charge in [-0.2, -0.15) is 0 Å². The van der Waals surface area contributed by atoms with E-state index in [0.717, 1.165) is 16.2 Å². The van der Waals surface area contributed by atoms with Gasteiger partial charge in [0, 0.05) is 29.3 Å². The Kier molecular flexibility index (Phi) is 5.21. The molecule has 0 aliphatic rings. The summed E-state index contributed by atoms with van der Waals surface area (Å²) in [5, 5.41) is 5.04. The summed E-state index contributed by atoms with van der Waals surface area (Å²) in [6.07, 6.45) is 2.82. The Labute approximate surface area is 166 Å². The van der Waals surface area contributed by atoms with Crippen LogP contribution < -0.4 is 5.32 Å². The molecule has 0 fully saturated rings. The second-order valence-electron chi connectivity index (χ2n) is 6.69. The molecule has 28 heavy (non-hydrogen) atoms. The lowest BCUT2D eigenvalue weighted by molar-refractivity contribution is -0.121. The summed E-state index contributed by atoms with van der Waals surface area (Å²) in [5.74, 6) is -0.283. The minimum atomic E-state index is -0.288. The normalized spacial score (nSPS) is 12.2. The Morgan fingerprint density at radius 3 is 2.71 bits per heavy atom. The van der Waals surface area contributed by atoms with E-state index in [-0.39, 0.29) is 17.8 Å². The highest BCUT2D eigenvalue weighted by molar-refractivity contribution is 7.15.